The van der Waals surface area contributed by atoms with Crippen LogP contribution in [0.1, 0.15) is 29.1 Å². The van der Waals surface area contributed by atoms with Gasteiger partial charge in [0.1, 0.15) is 5.76 Å². The number of hydrogen-bond donors (Lipinski definition) is 1. The minimum Gasteiger partial charge on any atom is -0.468 e. The van der Waals surface area contributed by atoms with E-state index in [0.29, 0.717) is 11.4 Å². The van der Waals surface area contributed by atoms with E-state index in [1.54, 1.807) is 12.1 Å². The largest absolute Gasteiger partial charge is 0.468 e. The number of methoxy groups -OCH3 is 1. The molecular formula is C21H24N4O5S. The van der Waals surface area contributed by atoms with E-state index in [4.69, 9.17) is 4.42 Å². The number of anilines is 1. The SMILES string of the molecule is COC(=O)Nc1ccc(S(=O)(=O)N(Cc2ccco2)Cc2nn(C)c3c2CCC3)cc1. The Balaban J connectivity index is 1.64. The number of benzene rings is 1. The predicted octanol–water partition coefficient (Wildman–Crippen LogP) is 3.07. The van der Waals surface area contributed by atoms with Gasteiger partial charge in [0.2, 0.25) is 10.0 Å². The van der Waals surface area contributed by atoms with Gasteiger partial charge in [-0.3, -0.25) is 10.00 Å². The third-order valence-corrected chi connectivity index (χ3v) is 7.17. The van der Waals surface area contributed by atoms with Crippen LogP contribution >= 0.6 is 0 Å². The molecule has 0 atom stereocenters. The number of hydrogen-bond acceptors (Lipinski definition) is 6. The molecule has 31 heavy (non-hydrogen) atoms. The van der Waals surface area contributed by atoms with Crippen molar-refractivity contribution in [3.63, 3.8) is 0 Å². The Morgan fingerprint density at radius 3 is 2.68 bits per heavy atom. The van der Waals surface area contributed by atoms with Crippen LogP contribution in [-0.4, -0.2) is 35.7 Å². The van der Waals surface area contributed by atoms with Crippen molar-refractivity contribution in [3.05, 3.63) is 65.4 Å². The van der Waals surface area contributed by atoms with Crippen LogP contribution in [0.15, 0.2) is 52.0 Å². The number of amides is 1. The first-order valence-electron chi connectivity index (χ1n) is 9.89. The molecule has 0 spiro atoms. The molecule has 3 aromatic rings. The van der Waals surface area contributed by atoms with Crippen molar-refractivity contribution >= 4 is 21.8 Å². The smallest absolute Gasteiger partial charge is 0.411 e. The van der Waals surface area contributed by atoms with E-state index in [1.165, 1.54) is 47.6 Å². The Morgan fingerprint density at radius 1 is 1.23 bits per heavy atom. The third-order valence-electron chi connectivity index (χ3n) is 5.36. The summed E-state index contributed by atoms with van der Waals surface area (Å²) in [5, 5.41) is 7.09. The number of nitrogens with one attached hydrogen (secondary N) is 1. The van der Waals surface area contributed by atoms with Crippen LogP contribution in [-0.2, 0) is 47.7 Å². The zero-order chi connectivity index (χ0) is 22.0. The van der Waals surface area contributed by atoms with E-state index >= 15 is 0 Å². The summed E-state index contributed by atoms with van der Waals surface area (Å²) in [5.41, 5.74) is 3.52. The van der Waals surface area contributed by atoms with E-state index < -0.39 is 16.1 Å². The quantitative estimate of drug-likeness (QED) is 0.600. The van der Waals surface area contributed by atoms with Gasteiger partial charge in [0, 0.05) is 18.4 Å². The number of aryl methyl sites for hydroxylation is 1. The molecule has 1 aliphatic carbocycles. The Bertz CT molecular complexity index is 1170. The average Bonchev–Trinajstić information content (AvgIpc) is 3.49. The van der Waals surface area contributed by atoms with E-state index in [9.17, 15) is 13.2 Å². The average molecular weight is 445 g/mol. The molecule has 0 fully saturated rings. The number of nitrogens with zero attached hydrogens (tertiary/aromatic N) is 3. The second-order valence-corrected chi connectivity index (χ2v) is 9.28. The molecule has 164 valence electrons. The van der Waals surface area contributed by atoms with E-state index in [-0.39, 0.29) is 18.0 Å². The number of carbonyl (C=O) groups excluding carboxylic acids is 1. The third kappa shape index (κ3) is 4.35. The fraction of sp³-hybridized carbons (Fsp3) is 0.333. The second-order valence-electron chi connectivity index (χ2n) is 7.34. The van der Waals surface area contributed by atoms with Crippen LogP contribution in [0, 0.1) is 0 Å². The Morgan fingerprint density at radius 2 is 2.00 bits per heavy atom. The summed E-state index contributed by atoms with van der Waals surface area (Å²) in [4.78, 5) is 11.5. The summed E-state index contributed by atoms with van der Waals surface area (Å²) in [6.07, 6.45) is 3.80. The number of aromatic nitrogens is 2. The standard InChI is InChI=1S/C21H24N4O5S/c1-24-20-7-3-6-18(20)19(23-24)14-25(13-16-5-4-12-30-16)31(27,28)17-10-8-15(9-11-17)22-21(26)29-2/h4-5,8-12H,3,6-7,13-14H2,1-2H3,(H,22,26). The maximum Gasteiger partial charge on any atom is 0.411 e. The van der Waals surface area contributed by atoms with Crippen LogP contribution in [0.3, 0.4) is 0 Å². The fourth-order valence-corrected chi connectivity index (χ4v) is 5.19. The summed E-state index contributed by atoms with van der Waals surface area (Å²) in [6, 6.07) is 9.43. The first-order chi connectivity index (χ1) is 14.9. The first kappa shape index (κ1) is 21.1. The van der Waals surface area contributed by atoms with Gasteiger partial charge in [-0.25, -0.2) is 13.2 Å². The molecule has 0 saturated carbocycles. The van der Waals surface area contributed by atoms with E-state index in [1.807, 2.05) is 11.7 Å². The van der Waals surface area contributed by atoms with Crippen LogP contribution in [0.5, 0.6) is 0 Å². The summed E-state index contributed by atoms with van der Waals surface area (Å²) in [6.45, 7) is 0.233. The molecule has 2 aromatic heterocycles. The first-order valence-corrected chi connectivity index (χ1v) is 11.3. The van der Waals surface area contributed by atoms with Gasteiger partial charge in [0.05, 0.1) is 37.1 Å². The maximum absolute atomic E-state index is 13.5. The number of ether oxygens (including phenoxy) is 1. The lowest BCUT2D eigenvalue weighted by molar-refractivity contribution is 0.187. The van der Waals surface area contributed by atoms with Crippen molar-refractivity contribution < 1.29 is 22.4 Å². The van der Waals surface area contributed by atoms with Gasteiger partial charge in [-0.1, -0.05) is 0 Å². The van der Waals surface area contributed by atoms with Crippen molar-refractivity contribution in [1.82, 2.24) is 14.1 Å². The topological polar surface area (TPSA) is 107 Å². The maximum atomic E-state index is 13.5. The van der Waals surface area contributed by atoms with Crippen molar-refractivity contribution in [2.45, 2.75) is 37.2 Å². The zero-order valence-electron chi connectivity index (χ0n) is 17.4. The highest BCUT2D eigenvalue weighted by Gasteiger charge is 2.29. The van der Waals surface area contributed by atoms with Crippen LogP contribution < -0.4 is 5.32 Å². The number of fused-ring (bicyclic) bond motifs is 1. The van der Waals surface area contributed by atoms with Gasteiger partial charge in [0.15, 0.2) is 0 Å². The zero-order valence-corrected chi connectivity index (χ0v) is 18.2. The van der Waals surface area contributed by atoms with Crippen LogP contribution in [0.4, 0.5) is 10.5 Å². The van der Waals surface area contributed by atoms with Crippen molar-refractivity contribution in [3.8, 4) is 0 Å². The summed E-state index contributed by atoms with van der Waals surface area (Å²) in [7, 11) is -0.700. The van der Waals surface area contributed by atoms with E-state index in [2.05, 4.69) is 15.2 Å². The Hall–Kier alpha value is -3.11. The summed E-state index contributed by atoms with van der Waals surface area (Å²) in [5.74, 6) is 0.542. The molecule has 0 saturated heterocycles. The lowest BCUT2D eigenvalue weighted by Gasteiger charge is -2.21. The molecule has 1 aliphatic rings. The Labute approximate surface area is 180 Å². The monoisotopic (exact) mass is 444 g/mol. The minimum atomic E-state index is -3.85. The molecule has 0 radical (unpaired) electrons. The van der Waals surface area contributed by atoms with Crippen molar-refractivity contribution in [1.29, 1.82) is 0 Å². The number of carbonyl (C=O) groups is 1. The molecule has 1 amide bonds. The highest BCUT2D eigenvalue weighted by molar-refractivity contribution is 7.89. The van der Waals surface area contributed by atoms with Gasteiger partial charge < -0.3 is 9.15 Å². The molecule has 10 heteroatoms. The molecule has 0 aliphatic heterocycles. The van der Waals surface area contributed by atoms with E-state index in [0.717, 1.165) is 30.5 Å². The Kier molecular flexibility index (Phi) is 5.84. The molecule has 4 rings (SSSR count). The van der Waals surface area contributed by atoms with Gasteiger partial charge in [-0.15, -0.1) is 0 Å². The molecule has 1 N–H and O–H groups in total. The lowest BCUT2D eigenvalue weighted by atomic mass is 10.2. The number of sulfonamides is 1. The van der Waals surface area contributed by atoms with Crippen molar-refractivity contribution in [2.75, 3.05) is 12.4 Å². The van der Waals surface area contributed by atoms with Crippen molar-refractivity contribution in [2.24, 2.45) is 7.05 Å². The molecule has 0 unspecified atom stereocenters. The highest BCUT2D eigenvalue weighted by atomic mass is 32.2. The van der Waals surface area contributed by atoms with Gasteiger partial charge in [0.25, 0.3) is 0 Å². The molecule has 9 nitrogen and oxygen atoms in total. The fourth-order valence-electron chi connectivity index (χ4n) is 3.82. The second kappa shape index (κ2) is 8.56. The van der Waals surface area contributed by atoms with Crippen LogP contribution in [0.2, 0.25) is 0 Å². The molecule has 2 heterocycles. The highest BCUT2D eigenvalue weighted by Crippen LogP contribution is 2.28. The summed E-state index contributed by atoms with van der Waals surface area (Å²) < 4.78 is 40.2. The predicted molar refractivity (Wildman–Crippen MR) is 113 cm³/mol. The summed E-state index contributed by atoms with van der Waals surface area (Å²) >= 11 is 0. The van der Waals surface area contributed by atoms with Gasteiger partial charge in [-0.05, 0) is 61.2 Å². The molecule has 0 bridgehead atoms. The van der Waals surface area contributed by atoms with Crippen LogP contribution in [0.25, 0.3) is 0 Å². The molecule has 1 aromatic carbocycles. The van der Waals surface area contributed by atoms with Gasteiger partial charge >= 0.3 is 6.09 Å². The normalized spacial score (nSPS) is 13.4. The minimum absolute atomic E-state index is 0.0862. The number of furan rings is 1. The van der Waals surface area contributed by atoms with Gasteiger partial charge in [-0.2, -0.15) is 9.40 Å². The number of rotatable bonds is 7. The lowest BCUT2D eigenvalue weighted by Crippen LogP contribution is -2.30. The molecular weight excluding hydrogens is 420 g/mol.